The average molecular weight is 366 g/mol. The van der Waals surface area contributed by atoms with E-state index in [1.54, 1.807) is 35.6 Å². The Morgan fingerprint density at radius 1 is 1.00 bits per heavy atom. The van der Waals surface area contributed by atoms with Crippen LogP contribution in [0.2, 0.25) is 0 Å². The smallest absolute Gasteiger partial charge is 0.195 e. The molecule has 0 N–H and O–H groups in total. The Labute approximate surface area is 153 Å². The zero-order valence-corrected chi connectivity index (χ0v) is 16.9. The Kier molecular flexibility index (Phi) is 8.57. The van der Waals surface area contributed by atoms with Crippen molar-refractivity contribution in [2.24, 2.45) is 11.8 Å². The lowest BCUT2D eigenvalue weighted by Crippen LogP contribution is -2.43. The summed E-state index contributed by atoms with van der Waals surface area (Å²) >= 11 is 0. The van der Waals surface area contributed by atoms with Crippen LogP contribution in [0.15, 0.2) is 24.3 Å². The number of nitrogens with zero attached hydrogens (tertiary/aromatic N) is 3. The normalized spacial score (nSPS) is 12.3. The molecule has 140 valence electrons. The fraction of sp³-hybridized carbons (Fsp3) is 0.632. The van der Waals surface area contributed by atoms with Crippen molar-refractivity contribution in [2.45, 2.75) is 47.1 Å². The van der Waals surface area contributed by atoms with E-state index in [-0.39, 0.29) is 0 Å². The maximum Gasteiger partial charge on any atom is 0.282 e. The molecule has 0 radical (unpaired) electrons. The predicted molar refractivity (Wildman–Crippen MR) is 102 cm³/mol. The predicted octanol–water partition coefficient (Wildman–Crippen LogP) is 3.63. The van der Waals surface area contributed by atoms with E-state index in [1.165, 1.54) is 4.31 Å². The summed E-state index contributed by atoms with van der Waals surface area (Å²) in [4.78, 5) is 0. The van der Waals surface area contributed by atoms with Crippen LogP contribution in [0.4, 0.5) is 0 Å². The van der Waals surface area contributed by atoms with Crippen LogP contribution in [0, 0.1) is 23.2 Å². The first-order valence-corrected chi connectivity index (χ1v) is 10.3. The summed E-state index contributed by atoms with van der Waals surface area (Å²) in [5.74, 6) is 0.918. The van der Waals surface area contributed by atoms with Crippen LogP contribution in [-0.2, 0) is 16.8 Å². The van der Waals surface area contributed by atoms with E-state index in [2.05, 4.69) is 33.8 Å². The van der Waals surface area contributed by atoms with Gasteiger partial charge < -0.3 is 0 Å². The highest BCUT2D eigenvalue weighted by molar-refractivity contribution is 7.86. The maximum atomic E-state index is 13.0. The van der Waals surface area contributed by atoms with Crippen LogP contribution in [0.3, 0.4) is 0 Å². The summed E-state index contributed by atoms with van der Waals surface area (Å²) in [5.41, 5.74) is 1.45. The Bertz CT molecular complexity index is 649. The molecule has 0 heterocycles. The standard InChI is InChI=1S/C19H31N3O2S/c1-16(2)10-12-22(13-11-17(3)4)25(23,24)21(5)15-19-8-6-18(14-20)7-9-19/h6-9,16-17H,10-13,15H2,1-5H3. The van der Waals surface area contributed by atoms with Crippen molar-refractivity contribution >= 4 is 10.2 Å². The van der Waals surface area contributed by atoms with Crippen molar-refractivity contribution in [1.29, 1.82) is 5.26 Å². The Morgan fingerprint density at radius 2 is 1.48 bits per heavy atom. The van der Waals surface area contributed by atoms with E-state index in [0.29, 0.717) is 37.0 Å². The highest BCUT2D eigenvalue weighted by Gasteiger charge is 2.27. The minimum atomic E-state index is -3.50. The number of rotatable bonds is 10. The summed E-state index contributed by atoms with van der Waals surface area (Å²) in [6, 6.07) is 9.10. The monoisotopic (exact) mass is 365 g/mol. The number of hydrogen-bond acceptors (Lipinski definition) is 3. The largest absolute Gasteiger partial charge is 0.282 e. The molecule has 0 aromatic heterocycles. The van der Waals surface area contributed by atoms with Crippen LogP contribution in [0.1, 0.15) is 51.7 Å². The molecule has 6 heteroatoms. The van der Waals surface area contributed by atoms with Crippen LogP contribution >= 0.6 is 0 Å². The third-order valence-electron chi connectivity index (χ3n) is 4.12. The van der Waals surface area contributed by atoms with Crippen LogP contribution in [-0.4, -0.2) is 37.2 Å². The molecule has 25 heavy (non-hydrogen) atoms. The quantitative estimate of drug-likeness (QED) is 0.636. The minimum Gasteiger partial charge on any atom is -0.195 e. The van der Waals surface area contributed by atoms with Gasteiger partial charge in [-0.15, -0.1) is 0 Å². The third kappa shape index (κ3) is 7.15. The molecular formula is C19H31N3O2S. The fourth-order valence-electron chi connectivity index (χ4n) is 2.37. The van der Waals surface area contributed by atoms with Gasteiger partial charge in [0, 0.05) is 26.7 Å². The Morgan fingerprint density at radius 3 is 1.88 bits per heavy atom. The molecule has 0 atom stereocenters. The topological polar surface area (TPSA) is 64.4 Å². The van der Waals surface area contributed by atoms with E-state index < -0.39 is 10.2 Å². The van der Waals surface area contributed by atoms with Crippen LogP contribution in [0.25, 0.3) is 0 Å². The van der Waals surface area contributed by atoms with Gasteiger partial charge in [-0.25, -0.2) is 0 Å². The lowest BCUT2D eigenvalue weighted by molar-refractivity contribution is 0.324. The van der Waals surface area contributed by atoms with Crippen molar-refractivity contribution in [3.8, 4) is 6.07 Å². The molecule has 0 unspecified atom stereocenters. The molecule has 1 rings (SSSR count). The third-order valence-corrected chi connectivity index (χ3v) is 6.05. The number of hydrogen-bond donors (Lipinski definition) is 0. The highest BCUT2D eigenvalue weighted by atomic mass is 32.2. The first kappa shape index (κ1) is 21.6. The SMILES string of the molecule is CC(C)CCN(CCC(C)C)S(=O)(=O)N(C)Cc1ccc(C#N)cc1. The molecule has 0 amide bonds. The average Bonchev–Trinajstić information content (AvgIpc) is 2.54. The molecular weight excluding hydrogens is 334 g/mol. The van der Waals surface area contributed by atoms with E-state index in [9.17, 15) is 8.42 Å². The van der Waals surface area contributed by atoms with Gasteiger partial charge in [-0.3, -0.25) is 0 Å². The van der Waals surface area contributed by atoms with E-state index >= 15 is 0 Å². The summed E-state index contributed by atoms with van der Waals surface area (Å²) in [7, 11) is -1.89. The molecule has 1 aromatic rings. The van der Waals surface area contributed by atoms with Gasteiger partial charge >= 0.3 is 0 Å². The van der Waals surface area contributed by atoms with Gasteiger partial charge in [-0.05, 0) is 42.4 Å². The van der Waals surface area contributed by atoms with Crippen molar-refractivity contribution < 1.29 is 8.42 Å². The molecule has 0 aliphatic heterocycles. The van der Waals surface area contributed by atoms with E-state index in [4.69, 9.17) is 5.26 Å². The summed E-state index contributed by atoms with van der Waals surface area (Å²) < 4.78 is 29.0. The first-order chi connectivity index (χ1) is 11.7. The van der Waals surface area contributed by atoms with Gasteiger partial charge in [0.1, 0.15) is 0 Å². The zero-order valence-electron chi connectivity index (χ0n) is 16.1. The molecule has 0 aliphatic rings. The van der Waals surface area contributed by atoms with Crippen molar-refractivity contribution in [2.75, 3.05) is 20.1 Å². The van der Waals surface area contributed by atoms with Gasteiger partial charge in [-0.1, -0.05) is 39.8 Å². The number of nitriles is 1. The van der Waals surface area contributed by atoms with Gasteiger partial charge in [0.2, 0.25) is 0 Å². The summed E-state index contributed by atoms with van der Waals surface area (Å²) in [6.07, 6.45) is 1.70. The Balaban J connectivity index is 2.86. The second-order valence-corrected chi connectivity index (χ2v) is 9.37. The zero-order chi connectivity index (χ0) is 19.0. The fourth-order valence-corrected chi connectivity index (χ4v) is 3.75. The maximum absolute atomic E-state index is 13.0. The minimum absolute atomic E-state index is 0.300. The number of benzene rings is 1. The summed E-state index contributed by atoms with van der Waals surface area (Å²) in [6.45, 7) is 9.81. The molecule has 0 bridgehead atoms. The molecule has 0 aliphatic carbocycles. The van der Waals surface area contributed by atoms with Gasteiger partial charge in [-0.2, -0.15) is 22.3 Å². The van der Waals surface area contributed by atoms with Crippen LogP contribution < -0.4 is 0 Å². The highest BCUT2D eigenvalue weighted by Crippen LogP contribution is 2.16. The van der Waals surface area contributed by atoms with Crippen LogP contribution in [0.5, 0.6) is 0 Å². The second-order valence-electron chi connectivity index (χ2n) is 7.34. The molecule has 1 aromatic carbocycles. The van der Waals surface area contributed by atoms with Crippen molar-refractivity contribution in [1.82, 2.24) is 8.61 Å². The molecule has 5 nitrogen and oxygen atoms in total. The molecule has 0 fully saturated rings. The van der Waals surface area contributed by atoms with Gasteiger partial charge in [0.25, 0.3) is 10.2 Å². The lowest BCUT2D eigenvalue weighted by atomic mass is 10.1. The first-order valence-electron chi connectivity index (χ1n) is 8.87. The van der Waals surface area contributed by atoms with Gasteiger partial charge in [0.05, 0.1) is 11.6 Å². The second kappa shape index (κ2) is 9.91. The lowest BCUT2D eigenvalue weighted by Gasteiger charge is -2.28. The Hall–Kier alpha value is -1.42. The molecule has 0 saturated carbocycles. The van der Waals surface area contributed by atoms with E-state index in [0.717, 1.165) is 18.4 Å². The van der Waals surface area contributed by atoms with E-state index in [1.807, 2.05) is 0 Å². The van der Waals surface area contributed by atoms with Gasteiger partial charge in [0.15, 0.2) is 0 Å². The van der Waals surface area contributed by atoms with Crippen molar-refractivity contribution in [3.05, 3.63) is 35.4 Å². The molecule has 0 saturated heterocycles. The van der Waals surface area contributed by atoms with Crippen molar-refractivity contribution in [3.63, 3.8) is 0 Å². The molecule has 0 spiro atoms. The summed E-state index contributed by atoms with van der Waals surface area (Å²) in [5, 5.41) is 8.86.